The van der Waals surface area contributed by atoms with Gasteiger partial charge in [-0.15, -0.1) is 0 Å². The summed E-state index contributed by atoms with van der Waals surface area (Å²) in [6.45, 7) is 6.74. The predicted octanol–water partition coefficient (Wildman–Crippen LogP) is 6.24. The molecule has 2 amide bonds. The topological polar surface area (TPSA) is 96.0 Å². The minimum Gasteiger partial charge on any atom is -0.352 e. The van der Waals surface area contributed by atoms with Gasteiger partial charge >= 0.3 is 0 Å². The van der Waals surface area contributed by atoms with Crippen LogP contribution in [0.3, 0.4) is 0 Å². The Morgan fingerprint density at radius 1 is 0.535 bits per heavy atom. The average Bonchev–Trinajstić information content (AvgIpc) is 3.02. The highest BCUT2D eigenvalue weighted by Gasteiger charge is 2.14. The Kier molecular flexibility index (Phi) is 8.24. The van der Waals surface area contributed by atoms with Crippen LogP contribution in [-0.2, 0) is 0 Å². The lowest BCUT2D eigenvalue weighted by atomic mass is 10.0. The molecule has 216 valence electrons. The average molecular weight is 570 g/mol. The first-order valence-corrected chi connectivity index (χ1v) is 14.8. The van der Waals surface area contributed by atoms with Crippen molar-refractivity contribution in [1.82, 2.24) is 25.9 Å². The first-order valence-electron chi connectivity index (χ1n) is 14.8. The second-order valence-electron chi connectivity index (χ2n) is 11.0. The van der Waals surface area contributed by atoms with Gasteiger partial charge < -0.3 is 16.0 Å². The van der Waals surface area contributed by atoms with E-state index < -0.39 is 0 Å². The van der Waals surface area contributed by atoms with Crippen LogP contribution in [-0.4, -0.2) is 48.0 Å². The number of hydrogen-bond donors (Lipinski definition) is 3. The standard InChI is InChI=1S/C36H35N5O2/c1-23-9-3-11-25-21-27-13-5-15-29(33(27)40-31(23)25)35(42)38-19-7-17-37-18-8-20-39-36(43)30-16-6-14-28-22-26-12-4-10-24(2)32(26)41-34(28)30/h3-6,9-16,21-22,37H,7-8,17-20H2,1-2H3,(H,38,42)(H,39,43). The van der Waals surface area contributed by atoms with E-state index in [9.17, 15) is 9.59 Å². The van der Waals surface area contributed by atoms with Crippen LogP contribution in [0.4, 0.5) is 0 Å². The van der Waals surface area contributed by atoms with Gasteiger partial charge in [-0.3, -0.25) is 9.59 Å². The smallest absolute Gasteiger partial charge is 0.253 e. The van der Waals surface area contributed by atoms with Crippen molar-refractivity contribution in [3.8, 4) is 0 Å². The third-order valence-corrected chi connectivity index (χ3v) is 7.86. The Bertz CT molecular complexity index is 1840. The number of pyridine rings is 2. The zero-order valence-corrected chi connectivity index (χ0v) is 24.5. The van der Waals surface area contributed by atoms with Gasteiger partial charge in [0.2, 0.25) is 0 Å². The van der Waals surface area contributed by atoms with Crippen molar-refractivity contribution in [2.24, 2.45) is 0 Å². The molecule has 2 heterocycles. The number of aryl methyl sites for hydroxylation is 2. The van der Waals surface area contributed by atoms with Crippen LogP contribution < -0.4 is 16.0 Å². The van der Waals surface area contributed by atoms with Gasteiger partial charge in [-0.25, -0.2) is 9.97 Å². The van der Waals surface area contributed by atoms with Gasteiger partial charge in [-0.1, -0.05) is 60.7 Å². The SMILES string of the molecule is Cc1cccc2cc3cccc(C(=O)NCCCNCCCNC(=O)c4cccc5cc6cccc(C)c6nc45)c3nc12. The van der Waals surface area contributed by atoms with E-state index in [0.29, 0.717) is 24.2 Å². The summed E-state index contributed by atoms with van der Waals surface area (Å²) >= 11 is 0. The first-order chi connectivity index (χ1) is 21.0. The van der Waals surface area contributed by atoms with Crippen LogP contribution in [0.2, 0.25) is 0 Å². The number of nitrogens with zero attached hydrogens (tertiary/aromatic N) is 2. The summed E-state index contributed by atoms with van der Waals surface area (Å²) in [5.41, 5.74) is 6.67. The Hall–Kier alpha value is -4.88. The van der Waals surface area contributed by atoms with Crippen molar-refractivity contribution in [3.05, 3.63) is 107 Å². The van der Waals surface area contributed by atoms with E-state index >= 15 is 0 Å². The van der Waals surface area contributed by atoms with Gasteiger partial charge in [0, 0.05) is 34.6 Å². The van der Waals surface area contributed by atoms with Gasteiger partial charge in [-0.2, -0.15) is 0 Å². The van der Waals surface area contributed by atoms with Gasteiger partial charge in [0.25, 0.3) is 11.8 Å². The van der Waals surface area contributed by atoms with Crippen LogP contribution >= 0.6 is 0 Å². The van der Waals surface area contributed by atoms with Crippen LogP contribution in [0.1, 0.15) is 44.7 Å². The molecule has 0 saturated carbocycles. The number of nitrogens with one attached hydrogen (secondary N) is 3. The zero-order valence-electron chi connectivity index (χ0n) is 24.5. The molecular formula is C36H35N5O2. The highest BCUT2D eigenvalue weighted by Crippen LogP contribution is 2.25. The Balaban J connectivity index is 0.948. The highest BCUT2D eigenvalue weighted by atomic mass is 16.2. The molecule has 0 fully saturated rings. The molecule has 0 aliphatic rings. The number of carbonyl (C=O) groups excluding carboxylic acids is 2. The fourth-order valence-electron chi connectivity index (χ4n) is 5.58. The fourth-order valence-corrected chi connectivity index (χ4v) is 5.58. The third-order valence-electron chi connectivity index (χ3n) is 7.86. The van der Waals surface area contributed by atoms with Crippen LogP contribution in [0.5, 0.6) is 0 Å². The van der Waals surface area contributed by atoms with Crippen LogP contribution in [0.25, 0.3) is 43.6 Å². The highest BCUT2D eigenvalue weighted by molar-refractivity contribution is 6.09. The summed E-state index contributed by atoms with van der Waals surface area (Å²) < 4.78 is 0. The molecule has 0 radical (unpaired) electrons. The van der Waals surface area contributed by atoms with E-state index in [4.69, 9.17) is 9.97 Å². The molecule has 7 heteroatoms. The van der Waals surface area contributed by atoms with Gasteiger partial charge in [0.05, 0.1) is 33.2 Å². The number of carbonyl (C=O) groups is 2. The van der Waals surface area contributed by atoms with Crippen molar-refractivity contribution >= 4 is 55.4 Å². The van der Waals surface area contributed by atoms with Gasteiger partial charge in [0.1, 0.15) is 0 Å². The molecule has 43 heavy (non-hydrogen) atoms. The van der Waals surface area contributed by atoms with Crippen molar-refractivity contribution in [2.45, 2.75) is 26.7 Å². The molecule has 0 atom stereocenters. The fraction of sp³-hybridized carbons (Fsp3) is 0.222. The quantitative estimate of drug-likeness (QED) is 0.134. The summed E-state index contributed by atoms with van der Waals surface area (Å²) in [5.74, 6) is -0.223. The lowest BCUT2D eigenvalue weighted by molar-refractivity contribution is 0.0947. The molecule has 7 nitrogen and oxygen atoms in total. The summed E-state index contributed by atoms with van der Waals surface area (Å²) in [6.07, 6.45) is 1.60. The van der Waals surface area contributed by atoms with Crippen LogP contribution in [0, 0.1) is 13.8 Å². The maximum Gasteiger partial charge on any atom is 0.253 e. The maximum absolute atomic E-state index is 13.0. The van der Waals surface area contributed by atoms with Crippen molar-refractivity contribution in [2.75, 3.05) is 26.2 Å². The molecule has 6 aromatic rings. The molecule has 0 saturated heterocycles. The summed E-state index contributed by atoms with van der Waals surface area (Å²) in [6, 6.07) is 27.9. The van der Waals surface area contributed by atoms with E-state index in [0.717, 1.165) is 80.7 Å². The molecule has 0 bridgehead atoms. The van der Waals surface area contributed by atoms with Crippen LogP contribution in [0.15, 0.2) is 84.9 Å². The van der Waals surface area contributed by atoms with Crippen molar-refractivity contribution in [1.29, 1.82) is 0 Å². The summed E-state index contributed by atoms with van der Waals surface area (Å²) in [4.78, 5) is 35.6. The molecule has 2 aromatic heterocycles. The van der Waals surface area contributed by atoms with Crippen molar-refractivity contribution in [3.63, 3.8) is 0 Å². The Morgan fingerprint density at radius 3 is 1.37 bits per heavy atom. The van der Waals surface area contributed by atoms with E-state index in [2.05, 4.69) is 28.1 Å². The van der Waals surface area contributed by atoms with E-state index in [1.165, 1.54) is 0 Å². The Morgan fingerprint density at radius 2 is 0.930 bits per heavy atom. The molecule has 6 rings (SSSR count). The van der Waals surface area contributed by atoms with E-state index in [-0.39, 0.29) is 11.8 Å². The second-order valence-corrected chi connectivity index (χ2v) is 11.0. The predicted molar refractivity (Wildman–Crippen MR) is 175 cm³/mol. The number of para-hydroxylation sites is 4. The second kappa shape index (κ2) is 12.5. The number of fused-ring (bicyclic) bond motifs is 4. The number of hydrogen-bond acceptors (Lipinski definition) is 5. The minimum absolute atomic E-state index is 0.111. The minimum atomic E-state index is -0.111. The first kappa shape index (κ1) is 28.2. The lowest BCUT2D eigenvalue weighted by Crippen LogP contribution is -2.30. The molecule has 4 aromatic carbocycles. The van der Waals surface area contributed by atoms with E-state index in [1.54, 1.807) is 0 Å². The van der Waals surface area contributed by atoms with Gasteiger partial charge in [-0.05, 0) is 75.2 Å². The molecule has 0 unspecified atom stereocenters. The maximum atomic E-state index is 13.0. The summed E-state index contributed by atoms with van der Waals surface area (Å²) in [5, 5.41) is 13.5. The molecular weight excluding hydrogens is 534 g/mol. The van der Waals surface area contributed by atoms with Gasteiger partial charge in [0.15, 0.2) is 0 Å². The molecule has 0 spiro atoms. The summed E-state index contributed by atoms with van der Waals surface area (Å²) in [7, 11) is 0. The Labute approximate surface area is 250 Å². The number of aromatic nitrogens is 2. The normalized spacial score (nSPS) is 11.4. The van der Waals surface area contributed by atoms with E-state index in [1.807, 2.05) is 86.6 Å². The number of benzene rings is 4. The third kappa shape index (κ3) is 6.03. The zero-order chi connectivity index (χ0) is 29.8. The number of rotatable bonds is 10. The van der Waals surface area contributed by atoms with Crippen molar-refractivity contribution < 1.29 is 9.59 Å². The number of amides is 2. The molecule has 3 N–H and O–H groups in total. The molecule has 0 aliphatic carbocycles. The monoisotopic (exact) mass is 569 g/mol. The lowest BCUT2D eigenvalue weighted by Gasteiger charge is -2.11. The molecule has 0 aliphatic heterocycles. The largest absolute Gasteiger partial charge is 0.352 e.